The normalized spacial score (nSPS) is 10.9. The first-order valence-corrected chi connectivity index (χ1v) is 9.09. The fraction of sp³-hybridized carbons (Fsp3) is 0.250. The fourth-order valence-corrected chi connectivity index (χ4v) is 3.84. The average Bonchev–Trinajstić information content (AvgIpc) is 2.96. The first kappa shape index (κ1) is 16.7. The zero-order valence-corrected chi connectivity index (χ0v) is 14.8. The summed E-state index contributed by atoms with van der Waals surface area (Å²) < 4.78 is 6.43. The van der Waals surface area contributed by atoms with Crippen molar-refractivity contribution in [2.45, 2.75) is 18.2 Å². The number of carbonyl (C=O) groups excluding carboxylic acids is 1. The molecule has 0 spiro atoms. The second-order valence-corrected chi connectivity index (χ2v) is 7.69. The number of aryl methyl sites for hydroxylation is 2. The van der Waals surface area contributed by atoms with Crippen LogP contribution in [-0.2, 0) is 0 Å². The summed E-state index contributed by atoms with van der Waals surface area (Å²) in [6.45, 7) is 4.24. The second-order valence-electron chi connectivity index (χ2n) is 5.17. The molecular formula is C16H15N3O3S2. The smallest absolute Gasteiger partial charge is 0.287 e. The molecular weight excluding hydrogens is 346 g/mol. The van der Waals surface area contributed by atoms with Crippen molar-refractivity contribution in [2.24, 2.45) is 0 Å². The van der Waals surface area contributed by atoms with E-state index in [1.54, 1.807) is 12.1 Å². The van der Waals surface area contributed by atoms with E-state index in [1.165, 1.54) is 29.2 Å². The van der Waals surface area contributed by atoms with Gasteiger partial charge in [-0.3, -0.25) is 9.59 Å². The number of benzene rings is 1. The Morgan fingerprint density at radius 2 is 2.12 bits per heavy atom. The lowest BCUT2D eigenvalue weighted by Gasteiger charge is -2.05. The maximum Gasteiger partial charge on any atom is 0.287 e. The van der Waals surface area contributed by atoms with E-state index >= 15 is 0 Å². The van der Waals surface area contributed by atoms with Crippen molar-refractivity contribution in [1.82, 2.24) is 15.5 Å². The predicted octanol–water partition coefficient (Wildman–Crippen LogP) is 2.78. The Hall–Kier alpha value is -2.19. The van der Waals surface area contributed by atoms with Gasteiger partial charge in [0.15, 0.2) is 15.5 Å². The number of amides is 1. The van der Waals surface area contributed by atoms with E-state index in [-0.39, 0.29) is 11.2 Å². The molecule has 6 nitrogen and oxygen atoms in total. The van der Waals surface area contributed by atoms with Crippen molar-refractivity contribution >= 4 is 40.0 Å². The molecule has 124 valence electrons. The molecule has 0 bridgehead atoms. The largest absolute Gasteiger partial charge is 0.451 e. The summed E-state index contributed by atoms with van der Waals surface area (Å²) in [5, 5.41) is 12.1. The van der Waals surface area contributed by atoms with E-state index in [1.807, 2.05) is 19.9 Å². The van der Waals surface area contributed by atoms with Crippen LogP contribution >= 0.6 is 23.1 Å². The molecule has 8 heteroatoms. The van der Waals surface area contributed by atoms with Gasteiger partial charge in [-0.25, -0.2) is 0 Å². The molecule has 0 radical (unpaired) electrons. The van der Waals surface area contributed by atoms with Gasteiger partial charge in [-0.15, -0.1) is 10.2 Å². The highest BCUT2D eigenvalue weighted by molar-refractivity contribution is 8.01. The van der Waals surface area contributed by atoms with E-state index in [4.69, 9.17) is 4.42 Å². The third kappa shape index (κ3) is 3.82. The Labute approximate surface area is 146 Å². The number of hydrogen-bond donors (Lipinski definition) is 1. The summed E-state index contributed by atoms with van der Waals surface area (Å²) in [5.74, 6) is 0.288. The van der Waals surface area contributed by atoms with Crippen LogP contribution < -0.4 is 10.7 Å². The molecule has 1 amide bonds. The van der Waals surface area contributed by atoms with Crippen LogP contribution in [0.3, 0.4) is 0 Å². The molecule has 0 fully saturated rings. The minimum atomic E-state index is -0.399. The summed E-state index contributed by atoms with van der Waals surface area (Å²) in [7, 11) is 0. The highest BCUT2D eigenvalue weighted by Gasteiger charge is 2.12. The van der Waals surface area contributed by atoms with E-state index in [9.17, 15) is 9.59 Å². The zero-order valence-electron chi connectivity index (χ0n) is 13.2. The molecule has 3 rings (SSSR count). The summed E-state index contributed by atoms with van der Waals surface area (Å²) in [6, 6.07) is 6.53. The van der Waals surface area contributed by atoms with Crippen LogP contribution in [0.15, 0.2) is 37.8 Å². The number of aromatic nitrogens is 2. The number of nitrogens with one attached hydrogen (secondary N) is 1. The number of fused-ring (bicyclic) bond motifs is 1. The average molecular weight is 361 g/mol. The molecule has 0 saturated carbocycles. The third-order valence-corrected chi connectivity index (χ3v) is 5.20. The van der Waals surface area contributed by atoms with Crippen LogP contribution in [0, 0.1) is 13.8 Å². The van der Waals surface area contributed by atoms with Gasteiger partial charge in [0.05, 0.1) is 5.39 Å². The SMILES string of the molecule is Cc1ccc2c(=O)cc(C(=O)NCCSc3nnc(C)s3)oc2c1. The number of carbonyl (C=O) groups is 1. The lowest BCUT2D eigenvalue weighted by molar-refractivity contribution is 0.0929. The van der Waals surface area contributed by atoms with Crippen molar-refractivity contribution in [3.8, 4) is 0 Å². The zero-order chi connectivity index (χ0) is 17.1. The van der Waals surface area contributed by atoms with Crippen LogP contribution in [0.4, 0.5) is 0 Å². The van der Waals surface area contributed by atoms with Gasteiger partial charge in [-0.05, 0) is 31.5 Å². The minimum Gasteiger partial charge on any atom is -0.451 e. The van der Waals surface area contributed by atoms with Gasteiger partial charge in [0.25, 0.3) is 5.91 Å². The van der Waals surface area contributed by atoms with Gasteiger partial charge >= 0.3 is 0 Å². The fourth-order valence-electron chi connectivity index (χ4n) is 2.10. The van der Waals surface area contributed by atoms with Gasteiger partial charge in [-0.1, -0.05) is 29.2 Å². The highest BCUT2D eigenvalue weighted by atomic mass is 32.2. The summed E-state index contributed by atoms with van der Waals surface area (Å²) in [6.07, 6.45) is 0. The lowest BCUT2D eigenvalue weighted by Crippen LogP contribution is -2.26. The molecule has 24 heavy (non-hydrogen) atoms. The highest BCUT2D eigenvalue weighted by Crippen LogP contribution is 2.21. The standard InChI is InChI=1S/C16H15N3O3S2/c1-9-3-4-11-12(20)8-14(22-13(11)7-9)15(21)17-5-6-23-16-19-18-10(2)24-16/h3-4,7-8H,5-6H2,1-2H3,(H,17,21). The maximum absolute atomic E-state index is 12.2. The van der Waals surface area contributed by atoms with Crippen molar-refractivity contribution in [2.75, 3.05) is 12.3 Å². The second kappa shape index (κ2) is 7.14. The van der Waals surface area contributed by atoms with Crippen molar-refractivity contribution in [3.05, 3.63) is 50.8 Å². The lowest BCUT2D eigenvalue weighted by atomic mass is 10.1. The first-order valence-electron chi connectivity index (χ1n) is 7.28. The molecule has 0 unspecified atom stereocenters. The summed E-state index contributed by atoms with van der Waals surface area (Å²) >= 11 is 3.04. The first-order chi connectivity index (χ1) is 11.5. The number of rotatable bonds is 5. The van der Waals surface area contributed by atoms with Crippen LogP contribution in [0.1, 0.15) is 21.1 Å². The Morgan fingerprint density at radius 1 is 1.29 bits per heavy atom. The van der Waals surface area contributed by atoms with Crippen LogP contribution in [0.25, 0.3) is 11.0 Å². The van der Waals surface area contributed by atoms with Crippen molar-refractivity contribution < 1.29 is 9.21 Å². The van der Waals surface area contributed by atoms with Crippen LogP contribution in [0.2, 0.25) is 0 Å². The molecule has 2 aromatic heterocycles. The molecule has 0 aliphatic carbocycles. The number of thioether (sulfide) groups is 1. The Kier molecular flexibility index (Phi) is 4.96. The summed E-state index contributed by atoms with van der Waals surface area (Å²) in [4.78, 5) is 24.2. The van der Waals surface area contributed by atoms with Gasteiger partial charge in [0, 0.05) is 18.4 Å². The van der Waals surface area contributed by atoms with Gasteiger partial charge < -0.3 is 9.73 Å². The predicted molar refractivity (Wildman–Crippen MR) is 94.9 cm³/mol. The molecule has 0 aliphatic heterocycles. The molecule has 0 atom stereocenters. The number of hydrogen-bond acceptors (Lipinski definition) is 7. The molecule has 0 aliphatic rings. The Morgan fingerprint density at radius 3 is 2.88 bits per heavy atom. The molecule has 2 heterocycles. The van der Waals surface area contributed by atoms with E-state index < -0.39 is 5.91 Å². The van der Waals surface area contributed by atoms with Gasteiger partial charge in [0.1, 0.15) is 10.6 Å². The molecule has 1 N–H and O–H groups in total. The third-order valence-electron chi connectivity index (χ3n) is 3.23. The minimum absolute atomic E-state index is 0.0230. The monoisotopic (exact) mass is 361 g/mol. The maximum atomic E-state index is 12.2. The van der Waals surface area contributed by atoms with E-state index in [0.29, 0.717) is 23.3 Å². The van der Waals surface area contributed by atoms with Gasteiger partial charge in [0.2, 0.25) is 0 Å². The van der Waals surface area contributed by atoms with Crippen molar-refractivity contribution in [1.29, 1.82) is 0 Å². The summed E-state index contributed by atoms with van der Waals surface area (Å²) in [5.41, 5.74) is 1.17. The van der Waals surface area contributed by atoms with Gasteiger partial charge in [-0.2, -0.15) is 0 Å². The van der Waals surface area contributed by atoms with Crippen LogP contribution in [-0.4, -0.2) is 28.4 Å². The quantitative estimate of drug-likeness (QED) is 0.556. The van der Waals surface area contributed by atoms with Crippen LogP contribution in [0.5, 0.6) is 0 Å². The molecule has 3 aromatic rings. The van der Waals surface area contributed by atoms with E-state index in [2.05, 4.69) is 15.5 Å². The van der Waals surface area contributed by atoms with Crippen molar-refractivity contribution in [3.63, 3.8) is 0 Å². The molecule has 0 saturated heterocycles. The topological polar surface area (TPSA) is 85.1 Å². The van der Waals surface area contributed by atoms with E-state index in [0.717, 1.165) is 14.9 Å². The number of nitrogens with zero attached hydrogens (tertiary/aromatic N) is 2. The molecule has 1 aromatic carbocycles. The Bertz CT molecular complexity index is 949. The Balaban J connectivity index is 1.64.